The van der Waals surface area contributed by atoms with Crippen LogP contribution in [0.5, 0.6) is 5.75 Å². The van der Waals surface area contributed by atoms with Crippen molar-refractivity contribution in [3.8, 4) is 16.9 Å². The van der Waals surface area contributed by atoms with Crippen molar-refractivity contribution in [1.29, 1.82) is 0 Å². The molecule has 0 N–H and O–H groups in total. The summed E-state index contributed by atoms with van der Waals surface area (Å²) in [4.78, 5) is 14.7. The summed E-state index contributed by atoms with van der Waals surface area (Å²) in [5, 5.41) is 4.27. The second kappa shape index (κ2) is 12.0. The van der Waals surface area contributed by atoms with Crippen LogP contribution in [0.15, 0.2) is 64.9 Å². The Kier molecular flexibility index (Phi) is 8.61. The minimum Gasteiger partial charge on any atom is -0.466 e. The molecule has 3 aromatic rings. The Morgan fingerprint density at radius 2 is 1.91 bits per heavy atom. The molecule has 1 unspecified atom stereocenters. The molecule has 2 heterocycles. The quantitative estimate of drug-likeness (QED) is 0.175. The van der Waals surface area contributed by atoms with Crippen LogP contribution in [0.4, 0.5) is 5.69 Å². The summed E-state index contributed by atoms with van der Waals surface area (Å²) >= 11 is 1.70. The molecule has 1 aliphatic heterocycles. The van der Waals surface area contributed by atoms with Crippen LogP contribution in [-0.4, -0.2) is 32.5 Å². The minimum absolute atomic E-state index is 0.268. The molecule has 1 aromatic heterocycles. The third-order valence-corrected chi connectivity index (χ3v) is 6.82. The molecule has 0 fully saturated rings. The van der Waals surface area contributed by atoms with Crippen LogP contribution in [0.1, 0.15) is 44.2 Å². The van der Waals surface area contributed by atoms with E-state index in [9.17, 15) is 4.79 Å². The maximum absolute atomic E-state index is 12.4. The normalized spacial score (nSPS) is 14.0. The number of fused-ring (bicyclic) bond motifs is 1. The lowest BCUT2D eigenvalue weighted by molar-refractivity contribution is -0.136. The summed E-state index contributed by atoms with van der Waals surface area (Å²) < 4.78 is 16.6. The zero-order valence-corrected chi connectivity index (χ0v) is 21.5. The van der Waals surface area contributed by atoms with Gasteiger partial charge in [0.05, 0.1) is 13.7 Å². The van der Waals surface area contributed by atoms with Gasteiger partial charge in [-0.2, -0.15) is 11.3 Å². The van der Waals surface area contributed by atoms with E-state index in [-0.39, 0.29) is 12.3 Å². The number of carbonyl (C=O) groups is 1. The average molecular weight is 492 g/mol. The summed E-state index contributed by atoms with van der Waals surface area (Å²) in [7, 11) is 1.44. The number of methoxy groups -OCH3 is 1. The van der Waals surface area contributed by atoms with Crippen molar-refractivity contribution in [2.24, 2.45) is 0 Å². The summed E-state index contributed by atoms with van der Waals surface area (Å²) in [5.41, 5.74) is 6.28. The van der Waals surface area contributed by atoms with Gasteiger partial charge in [0.1, 0.15) is 5.75 Å². The Morgan fingerprint density at radius 3 is 2.63 bits per heavy atom. The molecule has 0 aliphatic carbocycles. The Bertz CT molecular complexity index is 1140. The maximum atomic E-state index is 12.4. The van der Waals surface area contributed by atoms with Gasteiger partial charge in [-0.25, -0.2) is 4.79 Å². The first-order chi connectivity index (χ1) is 17.1. The number of ether oxygens (including phenoxy) is 3. The van der Waals surface area contributed by atoms with E-state index in [4.69, 9.17) is 14.2 Å². The van der Waals surface area contributed by atoms with Gasteiger partial charge in [0.15, 0.2) is 6.29 Å². The number of anilines is 1. The first-order valence-electron chi connectivity index (χ1n) is 12.1. The first-order valence-corrected chi connectivity index (χ1v) is 13.1. The van der Waals surface area contributed by atoms with Gasteiger partial charge in [-0.1, -0.05) is 31.5 Å². The highest BCUT2D eigenvalue weighted by molar-refractivity contribution is 7.07. The molecule has 0 amide bonds. The van der Waals surface area contributed by atoms with Gasteiger partial charge in [-0.15, -0.1) is 0 Å². The van der Waals surface area contributed by atoms with Crippen LogP contribution in [0.3, 0.4) is 0 Å². The van der Waals surface area contributed by atoms with Crippen LogP contribution in [0.25, 0.3) is 17.2 Å². The number of hydrogen-bond acceptors (Lipinski definition) is 6. The number of benzene rings is 2. The number of carbonyl (C=O) groups excluding carboxylic acids is 1. The minimum atomic E-state index is -0.281. The lowest BCUT2D eigenvalue weighted by atomic mass is 10.00. The van der Waals surface area contributed by atoms with Crippen LogP contribution in [0.2, 0.25) is 0 Å². The van der Waals surface area contributed by atoms with Crippen molar-refractivity contribution in [3.05, 3.63) is 76.0 Å². The predicted molar refractivity (Wildman–Crippen MR) is 143 cm³/mol. The average Bonchev–Trinajstić information content (AvgIpc) is 3.32. The van der Waals surface area contributed by atoms with E-state index in [1.54, 1.807) is 11.3 Å². The van der Waals surface area contributed by atoms with Gasteiger partial charge in [-0.3, -0.25) is 0 Å². The lowest BCUT2D eigenvalue weighted by Crippen LogP contribution is -2.24. The lowest BCUT2D eigenvalue weighted by Gasteiger charge is -2.25. The van der Waals surface area contributed by atoms with E-state index in [1.165, 1.54) is 12.7 Å². The van der Waals surface area contributed by atoms with Crippen molar-refractivity contribution >= 4 is 29.1 Å². The van der Waals surface area contributed by atoms with Crippen molar-refractivity contribution in [2.45, 2.75) is 45.9 Å². The van der Waals surface area contributed by atoms with E-state index < -0.39 is 0 Å². The second-order valence-electron chi connectivity index (χ2n) is 8.67. The molecule has 0 radical (unpaired) electrons. The molecular weight excluding hydrogens is 458 g/mol. The predicted octanol–water partition coefficient (Wildman–Crippen LogP) is 6.92. The standard InChI is InChI=1S/C29H33NO4S/c1-4-5-15-33-21(2)34-27-9-6-23(7-10-27)24-8-11-28-26(17-24)18-25(29(31)32-3)12-14-30(28)19-22-13-16-35-20-22/h6-11,13,16-18,20-21H,4-5,12,14-15,19H2,1-3H3. The second-order valence-corrected chi connectivity index (χ2v) is 9.45. The molecule has 184 valence electrons. The van der Waals surface area contributed by atoms with Crippen LogP contribution in [0, 0.1) is 0 Å². The smallest absolute Gasteiger partial charge is 0.333 e. The zero-order valence-electron chi connectivity index (χ0n) is 20.7. The van der Waals surface area contributed by atoms with E-state index in [1.807, 2.05) is 25.1 Å². The van der Waals surface area contributed by atoms with Gasteiger partial charge in [0, 0.05) is 24.4 Å². The van der Waals surface area contributed by atoms with Gasteiger partial charge in [0.2, 0.25) is 0 Å². The van der Waals surface area contributed by atoms with Gasteiger partial charge >= 0.3 is 5.97 Å². The molecule has 6 heteroatoms. The van der Waals surface area contributed by atoms with Crippen LogP contribution < -0.4 is 9.64 Å². The fourth-order valence-corrected chi connectivity index (χ4v) is 4.84. The Morgan fingerprint density at radius 1 is 1.11 bits per heavy atom. The zero-order chi connectivity index (χ0) is 24.6. The summed E-state index contributed by atoms with van der Waals surface area (Å²) in [6.07, 6.45) is 4.47. The summed E-state index contributed by atoms with van der Waals surface area (Å²) in [5.74, 6) is 0.512. The number of thiophene rings is 1. The number of hydrogen-bond donors (Lipinski definition) is 0. The fourth-order valence-electron chi connectivity index (χ4n) is 4.18. The highest BCUT2D eigenvalue weighted by atomic mass is 32.1. The molecule has 35 heavy (non-hydrogen) atoms. The van der Waals surface area contributed by atoms with Crippen molar-refractivity contribution in [2.75, 3.05) is 25.2 Å². The highest BCUT2D eigenvalue weighted by Crippen LogP contribution is 2.34. The SMILES string of the molecule is CCCCOC(C)Oc1ccc(-c2ccc3c(c2)C=C(C(=O)OC)CCN3Cc2ccsc2)cc1. The molecule has 4 rings (SSSR count). The number of unbranched alkanes of at least 4 members (excludes halogenated alkanes) is 1. The number of nitrogens with zero attached hydrogens (tertiary/aromatic N) is 1. The van der Waals surface area contributed by atoms with Crippen LogP contribution >= 0.6 is 11.3 Å². The molecule has 1 aliphatic rings. The van der Waals surface area contributed by atoms with E-state index >= 15 is 0 Å². The number of esters is 1. The molecule has 0 saturated heterocycles. The fraction of sp³-hybridized carbons (Fsp3) is 0.345. The largest absolute Gasteiger partial charge is 0.466 e. The molecular formula is C29H33NO4S. The van der Waals surface area contributed by atoms with E-state index in [2.05, 4.69) is 59.0 Å². The molecule has 0 bridgehead atoms. The third-order valence-electron chi connectivity index (χ3n) is 6.09. The molecule has 1 atom stereocenters. The summed E-state index contributed by atoms with van der Waals surface area (Å²) in [6, 6.07) is 16.7. The Labute approximate surface area is 211 Å². The molecule has 0 saturated carbocycles. The highest BCUT2D eigenvalue weighted by Gasteiger charge is 2.21. The molecule has 0 spiro atoms. The maximum Gasteiger partial charge on any atom is 0.333 e. The van der Waals surface area contributed by atoms with Gasteiger partial charge in [0.25, 0.3) is 0 Å². The third kappa shape index (κ3) is 6.53. The first kappa shape index (κ1) is 25.0. The monoisotopic (exact) mass is 491 g/mol. The summed E-state index contributed by atoms with van der Waals surface area (Å²) in [6.45, 7) is 6.33. The van der Waals surface area contributed by atoms with Crippen molar-refractivity contribution < 1.29 is 19.0 Å². The topological polar surface area (TPSA) is 48.0 Å². The van der Waals surface area contributed by atoms with Gasteiger partial charge in [-0.05, 0) is 89.2 Å². The Hall–Kier alpha value is -3.09. The number of rotatable bonds is 10. The molecule has 5 nitrogen and oxygen atoms in total. The molecule has 2 aromatic carbocycles. The van der Waals surface area contributed by atoms with Crippen molar-refractivity contribution in [1.82, 2.24) is 0 Å². The van der Waals surface area contributed by atoms with E-state index in [0.717, 1.165) is 54.1 Å². The van der Waals surface area contributed by atoms with E-state index in [0.29, 0.717) is 18.6 Å². The Balaban J connectivity index is 1.57. The van der Waals surface area contributed by atoms with Crippen LogP contribution in [-0.2, 0) is 20.8 Å². The van der Waals surface area contributed by atoms with Crippen molar-refractivity contribution in [3.63, 3.8) is 0 Å². The van der Waals surface area contributed by atoms with Gasteiger partial charge < -0.3 is 19.1 Å².